The van der Waals surface area contributed by atoms with E-state index in [9.17, 15) is 4.79 Å². The zero-order chi connectivity index (χ0) is 8.53. The second-order valence-corrected chi connectivity index (χ2v) is 2.11. The number of carboxylic acid groups (broad SMARTS) is 1. The summed E-state index contributed by atoms with van der Waals surface area (Å²) in [6, 6.07) is 0. The summed E-state index contributed by atoms with van der Waals surface area (Å²) < 4.78 is 0. The Kier molecular flexibility index (Phi) is 13.4. The van der Waals surface area contributed by atoms with E-state index in [-0.39, 0.29) is 28.3 Å². The fraction of sp³-hybridized carbons (Fsp3) is 0.833. The van der Waals surface area contributed by atoms with Crippen LogP contribution in [0.4, 0.5) is 0 Å². The molecule has 0 aliphatic rings. The standard InChI is InChI=1S/C6H15N3O2.Ti/c7-1-2-8-3-4-9-5-6(10)11;/h8-9H,1-5,7H2,(H,10,11);. The minimum Gasteiger partial charge on any atom is -0.480 e. The molecule has 0 amide bonds. The SMILES string of the molecule is NCCNCCNCC(=O)O.[Ti]. The van der Waals surface area contributed by atoms with Crippen LogP contribution in [0.25, 0.3) is 0 Å². The number of aliphatic carboxylic acids is 1. The number of hydrogen-bond acceptors (Lipinski definition) is 4. The molecule has 0 fully saturated rings. The van der Waals surface area contributed by atoms with Crippen molar-refractivity contribution in [2.45, 2.75) is 0 Å². The largest absolute Gasteiger partial charge is 0.480 e. The number of hydrogen-bond donors (Lipinski definition) is 4. The molecule has 12 heavy (non-hydrogen) atoms. The van der Waals surface area contributed by atoms with Crippen molar-refractivity contribution in [3.05, 3.63) is 0 Å². The molecule has 0 bridgehead atoms. The predicted octanol–water partition coefficient (Wildman–Crippen LogP) is -1.79. The van der Waals surface area contributed by atoms with Crippen molar-refractivity contribution in [1.82, 2.24) is 10.6 Å². The number of rotatable bonds is 7. The van der Waals surface area contributed by atoms with Gasteiger partial charge in [0.25, 0.3) is 0 Å². The maximum absolute atomic E-state index is 9.99. The Hall–Kier alpha value is 0.0643. The molecule has 70 valence electrons. The number of nitrogens with one attached hydrogen (secondary N) is 2. The van der Waals surface area contributed by atoms with Crippen LogP contribution < -0.4 is 16.4 Å². The van der Waals surface area contributed by atoms with Gasteiger partial charge in [-0.2, -0.15) is 0 Å². The third-order valence-electron chi connectivity index (χ3n) is 1.08. The first-order chi connectivity index (χ1) is 5.27. The summed E-state index contributed by atoms with van der Waals surface area (Å²) in [6.07, 6.45) is 0. The molecule has 0 saturated heterocycles. The van der Waals surface area contributed by atoms with Gasteiger partial charge in [0.1, 0.15) is 0 Å². The monoisotopic (exact) mass is 209 g/mol. The van der Waals surface area contributed by atoms with Gasteiger partial charge in [-0.05, 0) is 0 Å². The summed E-state index contributed by atoms with van der Waals surface area (Å²) in [5.41, 5.74) is 5.21. The smallest absolute Gasteiger partial charge is 0.317 e. The summed E-state index contributed by atoms with van der Waals surface area (Å²) in [5, 5.41) is 14.0. The van der Waals surface area contributed by atoms with E-state index in [4.69, 9.17) is 10.8 Å². The average molecular weight is 209 g/mol. The van der Waals surface area contributed by atoms with Crippen molar-refractivity contribution >= 4 is 5.97 Å². The molecule has 5 nitrogen and oxygen atoms in total. The summed E-state index contributed by atoms with van der Waals surface area (Å²) in [5.74, 6) is -0.830. The molecule has 0 aromatic rings. The van der Waals surface area contributed by atoms with E-state index in [1.54, 1.807) is 0 Å². The zero-order valence-corrected chi connectivity index (χ0v) is 8.53. The Balaban J connectivity index is 0. The minimum absolute atomic E-state index is 0. The molecular formula is C6H15N3O2Ti. The van der Waals surface area contributed by atoms with E-state index in [2.05, 4.69) is 10.6 Å². The van der Waals surface area contributed by atoms with Crippen molar-refractivity contribution in [2.75, 3.05) is 32.7 Å². The van der Waals surface area contributed by atoms with Crippen molar-refractivity contribution < 1.29 is 31.6 Å². The molecular weight excluding hydrogens is 194 g/mol. The van der Waals surface area contributed by atoms with Gasteiger partial charge in [0, 0.05) is 47.9 Å². The first-order valence-electron chi connectivity index (χ1n) is 3.60. The fourth-order valence-electron chi connectivity index (χ4n) is 0.599. The summed E-state index contributed by atoms with van der Waals surface area (Å²) in [4.78, 5) is 9.99. The third-order valence-corrected chi connectivity index (χ3v) is 1.08. The van der Waals surface area contributed by atoms with Gasteiger partial charge >= 0.3 is 5.97 Å². The first-order valence-corrected chi connectivity index (χ1v) is 3.60. The maximum Gasteiger partial charge on any atom is 0.317 e. The molecule has 0 unspecified atom stereocenters. The van der Waals surface area contributed by atoms with Crippen LogP contribution in [0.5, 0.6) is 0 Å². The van der Waals surface area contributed by atoms with Crippen LogP contribution >= 0.6 is 0 Å². The van der Waals surface area contributed by atoms with Crippen molar-refractivity contribution in [2.24, 2.45) is 5.73 Å². The maximum atomic E-state index is 9.99. The van der Waals surface area contributed by atoms with Crippen LogP contribution in [-0.2, 0) is 26.5 Å². The molecule has 0 atom stereocenters. The van der Waals surface area contributed by atoms with E-state index in [0.29, 0.717) is 13.1 Å². The number of nitrogens with two attached hydrogens (primary N) is 1. The average Bonchev–Trinajstić information content (AvgIpc) is 1.96. The van der Waals surface area contributed by atoms with E-state index < -0.39 is 5.97 Å². The van der Waals surface area contributed by atoms with Gasteiger partial charge < -0.3 is 21.5 Å². The van der Waals surface area contributed by atoms with Gasteiger partial charge in [0.2, 0.25) is 0 Å². The topological polar surface area (TPSA) is 87.4 Å². The van der Waals surface area contributed by atoms with E-state index in [1.165, 1.54) is 0 Å². The van der Waals surface area contributed by atoms with Crippen molar-refractivity contribution in [1.29, 1.82) is 0 Å². The van der Waals surface area contributed by atoms with Crippen molar-refractivity contribution in [3.63, 3.8) is 0 Å². The predicted molar refractivity (Wildman–Crippen MR) is 42.4 cm³/mol. The van der Waals surface area contributed by atoms with Crippen LogP contribution in [0.15, 0.2) is 0 Å². The molecule has 0 rings (SSSR count). The van der Waals surface area contributed by atoms with Gasteiger partial charge in [-0.25, -0.2) is 0 Å². The molecule has 0 aliphatic carbocycles. The van der Waals surface area contributed by atoms with E-state index in [0.717, 1.165) is 13.1 Å². The van der Waals surface area contributed by atoms with Crippen LogP contribution in [-0.4, -0.2) is 43.8 Å². The van der Waals surface area contributed by atoms with Gasteiger partial charge in [0.15, 0.2) is 0 Å². The van der Waals surface area contributed by atoms with Gasteiger partial charge in [0.05, 0.1) is 6.54 Å². The molecule has 0 spiro atoms. The first kappa shape index (κ1) is 14.6. The molecule has 5 N–H and O–H groups in total. The van der Waals surface area contributed by atoms with Crippen molar-refractivity contribution in [3.8, 4) is 0 Å². The molecule has 0 heterocycles. The minimum atomic E-state index is -0.830. The number of carboxylic acids is 1. The Bertz CT molecular complexity index is 113. The van der Waals surface area contributed by atoms with Gasteiger partial charge in [-0.3, -0.25) is 4.79 Å². The van der Waals surface area contributed by atoms with Crippen LogP contribution in [0.3, 0.4) is 0 Å². The van der Waals surface area contributed by atoms with Crippen LogP contribution in [0, 0.1) is 0 Å². The fourth-order valence-corrected chi connectivity index (χ4v) is 0.599. The second kappa shape index (κ2) is 11.1. The Labute approximate surface area is 87.0 Å². The summed E-state index contributed by atoms with van der Waals surface area (Å²) >= 11 is 0. The van der Waals surface area contributed by atoms with Gasteiger partial charge in [-0.1, -0.05) is 0 Å². The third kappa shape index (κ3) is 12.7. The summed E-state index contributed by atoms with van der Waals surface area (Å²) in [7, 11) is 0. The second-order valence-electron chi connectivity index (χ2n) is 2.11. The quantitative estimate of drug-likeness (QED) is 0.294. The zero-order valence-electron chi connectivity index (χ0n) is 6.97. The van der Waals surface area contributed by atoms with Crippen LogP contribution in [0.1, 0.15) is 0 Å². The summed E-state index contributed by atoms with van der Waals surface area (Å²) in [6.45, 7) is 2.81. The Morgan fingerprint density at radius 1 is 1.25 bits per heavy atom. The molecule has 0 aromatic carbocycles. The Morgan fingerprint density at radius 2 is 1.83 bits per heavy atom. The number of carbonyl (C=O) groups is 1. The van der Waals surface area contributed by atoms with Crippen LogP contribution in [0.2, 0.25) is 0 Å². The molecule has 6 heteroatoms. The van der Waals surface area contributed by atoms with Gasteiger partial charge in [-0.15, -0.1) is 0 Å². The molecule has 0 saturated carbocycles. The normalized spacial score (nSPS) is 9.08. The molecule has 0 radical (unpaired) electrons. The molecule has 0 aliphatic heterocycles. The van der Waals surface area contributed by atoms with E-state index in [1.807, 2.05) is 0 Å². The Morgan fingerprint density at radius 3 is 2.33 bits per heavy atom. The molecule has 0 aromatic heterocycles. The van der Waals surface area contributed by atoms with E-state index >= 15 is 0 Å².